The zero-order chi connectivity index (χ0) is 13.5. The average Bonchev–Trinajstić information content (AvgIpc) is 2.80. The van der Waals surface area contributed by atoms with Crippen molar-refractivity contribution in [3.63, 3.8) is 0 Å². The van der Waals surface area contributed by atoms with Gasteiger partial charge >= 0.3 is 0 Å². The molecular weight excluding hydrogens is 243 g/mol. The van der Waals surface area contributed by atoms with Crippen LogP contribution in [0.25, 0.3) is 0 Å². The van der Waals surface area contributed by atoms with E-state index in [1.165, 1.54) is 31.9 Å². The number of aromatic nitrogens is 2. The zero-order valence-corrected chi connectivity index (χ0v) is 11.6. The molecule has 0 spiro atoms. The summed E-state index contributed by atoms with van der Waals surface area (Å²) < 4.78 is 13.6. The molecule has 4 nitrogen and oxygen atoms in total. The van der Waals surface area contributed by atoms with Crippen molar-refractivity contribution in [1.82, 2.24) is 14.9 Å². The Kier molecular flexibility index (Phi) is 3.17. The molecular formula is C14H21FN4. The number of piperidine rings is 1. The first-order chi connectivity index (χ1) is 9.06. The minimum absolute atomic E-state index is 0.181. The molecule has 2 aliphatic rings. The molecule has 0 radical (unpaired) electrons. The van der Waals surface area contributed by atoms with E-state index in [-0.39, 0.29) is 11.4 Å². The normalized spacial score (nSPS) is 30.1. The second-order valence-corrected chi connectivity index (χ2v) is 6.30. The molecule has 5 heteroatoms. The van der Waals surface area contributed by atoms with Crippen LogP contribution in [0.4, 0.5) is 10.2 Å². The van der Waals surface area contributed by atoms with Crippen LogP contribution in [0.5, 0.6) is 0 Å². The van der Waals surface area contributed by atoms with Gasteiger partial charge < -0.3 is 5.32 Å². The molecule has 2 aliphatic heterocycles. The zero-order valence-electron chi connectivity index (χ0n) is 11.6. The van der Waals surface area contributed by atoms with Crippen molar-refractivity contribution < 1.29 is 4.39 Å². The van der Waals surface area contributed by atoms with Crippen LogP contribution in [0.3, 0.4) is 0 Å². The summed E-state index contributed by atoms with van der Waals surface area (Å²) in [4.78, 5) is 10.3. The number of hydrogen-bond acceptors (Lipinski definition) is 4. The second-order valence-electron chi connectivity index (χ2n) is 6.30. The Balaban J connectivity index is 1.74. The van der Waals surface area contributed by atoms with E-state index in [9.17, 15) is 4.39 Å². The quantitative estimate of drug-likeness (QED) is 0.890. The summed E-state index contributed by atoms with van der Waals surface area (Å²) in [5, 5.41) is 3.26. The van der Waals surface area contributed by atoms with Gasteiger partial charge in [-0.05, 0) is 46.1 Å². The molecule has 1 N–H and O–H groups in total. The van der Waals surface area contributed by atoms with Crippen molar-refractivity contribution in [3.05, 3.63) is 18.3 Å². The number of hydrogen-bond donors (Lipinski definition) is 1. The number of halogens is 1. The highest BCUT2D eigenvalue weighted by atomic mass is 19.1. The lowest BCUT2D eigenvalue weighted by atomic mass is 9.84. The molecule has 0 bridgehead atoms. The van der Waals surface area contributed by atoms with E-state index in [0.29, 0.717) is 17.9 Å². The van der Waals surface area contributed by atoms with E-state index < -0.39 is 0 Å². The molecule has 19 heavy (non-hydrogen) atoms. The number of nitrogens with one attached hydrogen (secondary N) is 1. The SMILES string of the molecule is CC1(C)C[C@H](Nc2ncncc2F)C[C@@H]2CCCN21. The second kappa shape index (κ2) is 4.71. The summed E-state index contributed by atoms with van der Waals surface area (Å²) >= 11 is 0. The fourth-order valence-corrected chi connectivity index (χ4v) is 3.73. The van der Waals surface area contributed by atoms with E-state index in [2.05, 4.69) is 34.0 Å². The summed E-state index contributed by atoms with van der Waals surface area (Å²) in [6, 6.07) is 0.921. The Labute approximate surface area is 113 Å². The summed E-state index contributed by atoms with van der Waals surface area (Å²) in [7, 11) is 0. The van der Waals surface area contributed by atoms with Crippen LogP contribution in [-0.2, 0) is 0 Å². The lowest BCUT2D eigenvalue weighted by Crippen LogP contribution is -2.55. The largest absolute Gasteiger partial charge is 0.365 e. The molecule has 2 atom stereocenters. The molecule has 0 saturated carbocycles. The maximum Gasteiger partial charge on any atom is 0.183 e. The smallest absolute Gasteiger partial charge is 0.183 e. The van der Waals surface area contributed by atoms with Crippen LogP contribution in [0.1, 0.15) is 39.5 Å². The average molecular weight is 264 g/mol. The topological polar surface area (TPSA) is 41.1 Å². The third kappa shape index (κ3) is 2.43. The Morgan fingerprint density at radius 2 is 2.32 bits per heavy atom. The molecule has 2 saturated heterocycles. The highest BCUT2D eigenvalue weighted by Gasteiger charge is 2.42. The number of anilines is 1. The maximum atomic E-state index is 13.6. The molecule has 0 amide bonds. The predicted octanol–water partition coefficient (Wildman–Crippen LogP) is 2.43. The van der Waals surface area contributed by atoms with Gasteiger partial charge in [0.15, 0.2) is 11.6 Å². The van der Waals surface area contributed by atoms with Crippen molar-refractivity contribution in [2.45, 2.75) is 57.2 Å². The van der Waals surface area contributed by atoms with Gasteiger partial charge in [0.2, 0.25) is 0 Å². The lowest BCUT2D eigenvalue weighted by molar-refractivity contribution is 0.0500. The van der Waals surface area contributed by atoms with E-state index >= 15 is 0 Å². The predicted molar refractivity (Wildman–Crippen MR) is 72.4 cm³/mol. The number of nitrogens with zero attached hydrogens (tertiary/aromatic N) is 3. The highest BCUT2D eigenvalue weighted by molar-refractivity contribution is 5.35. The minimum Gasteiger partial charge on any atom is -0.365 e. The van der Waals surface area contributed by atoms with Crippen LogP contribution < -0.4 is 5.32 Å². The van der Waals surface area contributed by atoms with Crippen LogP contribution in [0, 0.1) is 5.82 Å². The van der Waals surface area contributed by atoms with Crippen LogP contribution in [0.2, 0.25) is 0 Å². The molecule has 3 heterocycles. The van der Waals surface area contributed by atoms with Crippen molar-refractivity contribution in [2.24, 2.45) is 0 Å². The van der Waals surface area contributed by atoms with Gasteiger partial charge in [-0.3, -0.25) is 4.90 Å². The van der Waals surface area contributed by atoms with Gasteiger partial charge in [0.05, 0.1) is 6.20 Å². The molecule has 0 aliphatic carbocycles. The van der Waals surface area contributed by atoms with E-state index in [4.69, 9.17) is 0 Å². The first-order valence-corrected chi connectivity index (χ1v) is 7.05. The Hall–Kier alpha value is -1.23. The summed E-state index contributed by atoms with van der Waals surface area (Å²) in [6.45, 7) is 5.78. The molecule has 2 fully saturated rings. The first-order valence-electron chi connectivity index (χ1n) is 7.05. The monoisotopic (exact) mass is 264 g/mol. The van der Waals surface area contributed by atoms with Crippen molar-refractivity contribution in [2.75, 3.05) is 11.9 Å². The van der Waals surface area contributed by atoms with Crippen LogP contribution in [-0.4, -0.2) is 39.0 Å². The van der Waals surface area contributed by atoms with Gasteiger partial charge in [0, 0.05) is 17.6 Å². The van der Waals surface area contributed by atoms with E-state index in [1.807, 2.05) is 0 Å². The van der Waals surface area contributed by atoms with Gasteiger partial charge in [0.25, 0.3) is 0 Å². The van der Waals surface area contributed by atoms with Crippen molar-refractivity contribution >= 4 is 5.82 Å². The van der Waals surface area contributed by atoms with Crippen LogP contribution >= 0.6 is 0 Å². The third-order valence-corrected chi connectivity index (χ3v) is 4.47. The molecule has 1 aromatic rings. The molecule has 104 valence electrons. The van der Waals surface area contributed by atoms with Gasteiger partial charge in [-0.15, -0.1) is 0 Å². The number of rotatable bonds is 2. The standard InChI is InChI=1S/C14H21FN4/c1-14(2)7-10(6-11-4-3-5-19(11)14)18-13-12(15)8-16-9-17-13/h8-11H,3-7H2,1-2H3,(H,16,17,18)/t10-,11+/m1/s1. The van der Waals surface area contributed by atoms with Gasteiger partial charge in [-0.25, -0.2) is 14.4 Å². The first kappa shape index (κ1) is 12.8. The Morgan fingerprint density at radius 1 is 1.47 bits per heavy atom. The minimum atomic E-state index is -0.367. The summed E-state index contributed by atoms with van der Waals surface area (Å²) in [6.07, 6.45) is 7.24. The maximum absolute atomic E-state index is 13.6. The summed E-state index contributed by atoms with van der Waals surface area (Å²) in [5.41, 5.74) is 0.181. The van der Waals surface area contributed by atoms with Gasteiger partial charge in [-0.2, -0.15) is 0 Å². The fourth-order valence-electron chi connectivity index (χ4n) is 3.73. The van der Waals surface area contributed by atoms with Crippen LogP contribution in [0.15, 0.2) is 12.5 Å². The van der Waals surface area contributed by atoms with E-state index in [0.717, 1.165) is 12.8 Å². The van der Waals surface area contributed by atoms with Gasteiger partial charge in [-0.1, -0.05) is 0 Å². The summed E-state index contributed by atoms with van der Waals surface area (Å²) in [5.74, 6) is -0.0311. The highest BCUT2D eigenvalue weighted by Crippen LogP contribution is 2.38. The molecule has 0 aromatic carbocycles. The van der Waals surface area contributed by atoms with E-state index in [1.54, 1.807) is 0 Å². The molecule has 0 unspecified atom stereocenters. The van der Waals surface area contributed by atoms with Crippen molar-refractivity contribution in [1.29, 1.82) is 0 Å². The third-order valence-electron chi connectivity index (χ3n) is 4.47. The Morgan fingerprint density at radius 3 is 3.11 bits per heavy atom. The van der Waals surface area contributed by atoms with Gasteiger partial charge in [0.1, 0.15) is 6.33 Å². The Bertz CT molecular complexity index is 463. The lowest BCUT2D eigenvalue weighted by Gasteiger charge is -2.47. The molecule has 3 rings (SSSR count). The number of fused-ring (bicyclic) bond motifs is 1. The van der Waals surface area contributed by atoms with Crippen molar-refractivity contribution in [3.8, 4) is 0 Å². The fraction of sp³-hybridized carbons (Fsp3) is 0.714. The molecule has 1 aromatic heterocycles.